The molecular weight excluding hydrogens is 271 g/mol. The third-order valence-corrected chi connectivity index (χ3v) is 4.61. The van der Waals surface area contributed by atoms with Crippen LogP contribution < -0.4 is 0 Å². The molecule has 0 heterocycles. The first-order chi connectivity index (χ1) is 9.74. The fourth-order valence-electron chi connectivity index (χ4n) is 2.23. The molecule has 0 saturated heterocycles. The average Bonchev–Trinajstić information content (AvgIpc) is 2.48. The number of halogens is 1. The standard InChI is InChI=1S/C17H13FOS/c18-15-8-10-16(11-9-15)20(19)12-14-6-3-5-13-4-1-2-7-17(13)14/h1-11H,12H2. The van der Waals surface area contributed by atoms with Gasteiger partial charge < -0.3 is 0 Å². The fraction of sp³-hybridized carbons (Fsp3) is 0.0588. The van der Waals surface area contributed by atoms with E-state index < -0.39 is 10.8 Å². The molecule has 0 aliphatic carbocycles. The molecule has 0 amide bonds. The van der Waals surface area contributed by atoms with E-state index in [1.165, 1.54) is 12.1 Å². The van der Waals surface area contributed by atoms with Crippen LogP contribution in [0, 0.1) is 5.82 Å². The van der Waals surface area contributed by atoms with Gasteiger partial charge >= 0.3 is 0 Å². The summed E-state index contributed by atoms with van der Waals surface area (Å²) in [5, 5.41) is 2.26. The summed E-state index contributed by atoms with van der Waals surface area (Å²) in [5.41, 5.74) is 1.05. The van der Waals surface area contributed by atoms with Crippen LogP contribution in [-0.2, 0) is 16.6 Å². The summed E-state index contributed by atoms with van der Waals surface area (Å²) in [4.78, 5) is 0.652. The zero-order chi connectivity index (χ0) is 13.9. The fourth-order valence-corrected chi connectivity index (χ4v) is 3.37. The Bertz CT molecular complexity index is 760. The highest BCUT2D eigenvalue weighted by Crippen LogP contribution is 2.21. The van der Waals surface area contributed by atoms with E-state index in [2.05, 4.69) is 0 Å². The summed E-state index contributed by atoms with van der Waals surface area (Å²) in [6.07, 6.45) is 0. The van der Waals surface area contributed by atoms with Gasteiger partial charge in [0.1, 0.15) is 5.82 Å². The lowest BCUT2D eigenvalue weighted by molar-refractivity contribution is 0.626. The lowest BCUT2D eigenvalue weighted by atomic mass is 10.1. The van der Waals surface area contributed by atoms with Crippen molar-refractivity contribution in [1.29, 1.82) is 0 Å². The molecule has 0 radical (unpaired) electrons. The molecule has 3 heteroatoms. The molecule has 0 fully saturated rings. The van der Waals surface area contributed by atoms with Gasteiger partial charge in [-0.3, -0.25) is 4.21 Å². The van der Waals surface area contributed by atoms with E-state index >= 15 is 0 Å². The average molecular weight is 284 g/mol. The molecule has 1 nitrogen and oxygen atoms in total. The Kier molecular flexibility index (Phi) is 3.61. The van der Waals surface area contributed by atoms with Crippen LogP contribution >= 0.6 is 0 Å². The van der Waals surface area contributed by atoms with Crippen LogP contribution in [0.25, 0.3) is 10.8 Å². The minimum atomic E-state index is -1.17. The summed E-state index contributed by atoms with van der Waals surface area (Å²) in [5.74, 6) is 0.128. The summed E-state index contributed by atoms with van der Waals surface area (Å²) in [6.45, 7) is 0. The van der Waals surface area contributed by atoms with Crippen LogP contribution in [-0.4, -0.2) is 4.21 Å². The Labute approximate surface area is 119 Å². The van der Waals surface area contributed by atoms with Crippen LogP contribution in [0.5, 0.6) is 0 Å². The van der Waals surface area contributed by atoms with Gasteiger partial charge in [-0.15, -0.1) is 0 Å². The molecule has 3 aromatic carbocycles. The second-order valence-electron chi connectivity index (χ2n) is 4.58. The van der Waals surface area contributed by atoms with Crippen molar-refractivity contribution < 1.29 is 8.60 Å². The van der Waals surface area contributed by atoms with Crippen molar-refractivity contribution >= 4 is 21.6 Å². The van der Waals surface area contributed by atoms with Gasteiger partial charge in [0.25, 0.3) is 0 Å². The Morgan fingerprint density at radius 2 is 1.55 bits per heavy atom. The van der Waals surface area contributed by atoms with Crippen molar-refractivity contribution in [2.75, 3.05) is 0 Å². The van der Waals surface area contributed by atoms with Gasteiger partial charge in [-0.25, -0.2) is 4.39 Å². The van der Waals surface area contributed by atoms with E-state index in [1.54, 1.807) is 12.1 Å². The van der Waals surface area contributed by atoms with Crippen molar-refractivity contribution in [3.63, 3.8) is 0 Å². The van der Waals surface area contributed by atoms with Gasteiger partial charge in [0.2, 0.25) is 0 Å². The molecule has 3 aromatic rings. The Morgan fingerprint density at radius 3 is 2.35 bits per heavy atom. The summed E-state index contributed by atoms with van der Waals surface area (Å²) >= 11 is 0. The second kappa shape index (κ2) is 5.55. The van der Waals surface area contributed by atoms with E-state index in [1.807, 2.05) is 42.5 Å². The predicted molar refractivity (Wildman–Crippen MR) is 80.5 cm³/mol. The number of hydrogen-bond donors (Lipinski definition) is 0. The molecule has 100 valence electrons. The number of hydrogen-bond acceptors (Lipinski definition) is 1. The van der Waals surface area contributed by atoms with Crippen LogP contribution in [0.15, 0.2) is 71.6 Å². The first-order valence-electron chi connectivity index (χ1n) is 6.34. The lowest BCUT2D eigenvalue weighted by Crippen LogP contribution is -1.97. The first kappa shape index (κ1) is 13.0. The highest BCUT2D eigenvalue weighted by Gasteiger charge is 2.08. The quantitative estimate of drug-likeness (QED) is 0.701. The SMILES string of the molecule is O=S(Cc1cccc2ccccc12)c1ccc(F)cc1. The third kappa shape index (κ3) is 2.63. The monoisotopic (exact) mass is 284 g/mol. The van der Waals surface area contributed by atoms with E-state index in [9.17, 15) is 8.60 Å². The maximum absolute atomic E-state index is 12.9. The molecule has 1 atom stereocenters. The van der Waals surface area contributed by atoms with Crippen molar-refractivity contribution in [3.8, 4) is 0 Å². The van der Waals surface area contributed by atoms with E-state index in [4.69, 9.17) is 0 Å². The molecule has 0 saturated carbocycles. The highest BCUT2D eigenvalue weighted by molar-refractivity contribution is 7.84. The van der Waals surface area contributed by atoms with Crippen molar-refractivity contribution in [2.24, 2.45) is 0 Å². The number of rotatable bonds is 3. The van der Waals surface area contributed by atoms with Crippen LogP contribution in [0.1, 0.15) is 5.56 Å². The summed E-state index contributed by atoms with van der Waals surface area (Å²) in [7, 11) is -1.17. The topological polar surface area (TPSA) is 17.1 Å². The maximum Gasteiger partial charge on any atom is 0.123 e. The van der Waals surface area contributed by atoms with Crippen molar-refractivity contribution in [1.82, 2.24) is 0 Å². The minimum Gasteiger partial charge on any atom is -0.254 e. The Hall–Kier alpha value is -2.00. The van der Waals surface area contributed by atoms with Gasteiger partial charge in [-0.1, -0.05) is 42.5 Å². The molecule has 0 spiro atoms. The van der Waals surface area contributed by atoms with Crippen molar-refractivity contribution in [2.45, 2.75) is 10.6 Å². The maximum atomic E-state index is 12.9. The molecule has 3 rings (SSSR count). The predicted octanol–water partition coefficient (Wildman–Crippen LogP) is 4.29. The summed E-state index contributed by atoms with van der Waals surface area (Å²) in [6, 6.07) is 19.9. The normalized spacial score (nSPS) is 12.4. The van der Waals surface area contributed by atoms with Crippen molar-refractivity contribution in [3.05, 3.63) is 78.1 Å². The van der Waals surface area contributed by atoms with E-state index in [0.717, 1.165) is 16.3 Å². The minimum absolute atomic E-state index is 0.309. The number of fused-ring (bicyclic) bond motifs is 1. The van der Waals surface area contributed by atoms with Gasteiger partial charge in [-0.2, -0.15) is 0 Å². The van der Waals surface area contributed by atoms with Gasteiger partial charge in [0.15, 0.2) is 0 Å². The van der Waals surface area contributed by atoms with E-state index in [-0.39, 0.29) is 5.82 Å². The molecule has 0 bridgehead atoms. The zero-order valence-corrected chi connectivity index (χ0v) is 11.6. The Morgan fingerprint density at radius 1 is 0.850 bits per heavy atom. The van der Waals surface area contributed by atoms with Gasteiger partial charge in [0, 0.05) is 4.90 Å². The molecule has 0 aromatic heterocycles. The van der Waals surface area contributed by atoms with Crippen LogP contribution in [0.2, 0.25) is 0 Å². The lowest BCUT2D eigenvalue weighted by Gasteiger charge is -2.07. The largest absolute Gasteiger partial charge is 0.254 e. The molecule has 0 aliphatic heterocycles. The third-order valence-electron chi connectivity index (χ3n) is 3.24. The van der Waals surface area contributed by atoms with Crippen LogP contribution in [0.4, 0.5) is 4.39 Å². The molecule has 0 aliphatic rings. The molecular formula is C17H13FOS. The molecule has 20 heavy (non-hydrogen) atoms. The first-order valence-corrected chi connectivity index (χ1v) is 7.66. The van der Waals surface area contributed by atoms with Gasteiger partial charge in [-0.05, 0) is 40.6 Å². The van der Waals surface area contributed by atoms with E-state index in [0.29, 0.717) is 10.6 Å². The summed E-state index contributed by atoms with van der Waals surface area (Å²) < 4.78 is 25.2. The highest BCUT2D eigenvalue weighted by atomic mass is 32.2. The second-order valence-corrected chi connectivity index (χ2v) is 6.03. The Balaban J connectivity index is 1.93. The number of benzene rings is 3. The van der Waals surface area contributed by atoms with Crippen LogP contribution in [0.3, 0.4) is 0 Å². The zero-order valence-electron chi connectivity index (χ0n) is 10.8. The molecule has 0 N–H and O–H groups in total. The smallest absolute Gasteiger partial charge is 0.123 e. The van der Waals surface area contributed by atoms with Gasteiger partial charge in [0.05, 0.1) is 16.6 Å². The molecule has 1 unspecified atom stereocenters.